The lowest BCUT2D eigenvalue weighted by atomic mass is 9.83. The number of hydrogen-bond donors (Lipinski definition) is 2. The van der Waals surface area contributed by atoms with Gasteiger partial charge in [0.2, 0.25) is 5.91 Å². The molecule has 0 bridgehead atoms. The molecule has 110 valence electrons. The SMILES string of the molecule is CCC(NC(=O)C(C)(C)c1ccc(Cl)cc1F)C(=O)O. The highest BCUT2D eigenvalue weighted by atomic mass is 35.5. The zero-order valence-corrected chi connectivity index (χ0v) is 12.3. The van der Waals surface area contributed by atoms with E-state index in [2.05, 4.69) is 5.32 Å². The maximum absolute atomic E-state index is 13.9. The highest BCUT2D eigenvalue weighted by molar-refractivity contribution is 6.30. The fraction of sp³-hybridized carbons (Fsp3) is 0.429. The highest BCUT2D eigenvalue weighted by Gasteiger charge is 2.34. The van der Waals surface area contributed by atoms with Crippen LogP contribution in [0.3, 0.4) is 0 Å². The first-order chi connectivity index (χ1) is 9.20. The Morgan fingerprint density at radius 3 is 2.50 bits per heavy atom. The number of amides is 1. The molecule has 0 radical (unpaired) electrons. The Morgan fingerprint density at radius 1 is 1.45 bits per heavy atom. The van der Waals surface area contributed by atoms with Gasteiger partial charge >= 0.3 is 5.97 Å². The summed E-state index contributed by atoms with van der Waals surface area (Å²) in [4.78, 5) is 23.1. The van der Waals surface area contributed by atoms with Gasteiger partial charge in [0, 0.05) is 10.6 Å². The third-order valence-corrected chi connectivity index (χ3v) is 3.42. The minimum Gasteiger partial charge on any atom is -0.480 e. The first-order valence-corrected chi connectivity index (χ1v) is 6.57. The second-order valence-corrected chi connectivity index (χ2v) is 5.46. The zero-order valence-electron chi connectivity index (χ0n) is 11.5. The number of carbonyl (C=O) groups is 2. The van der Waals surface area contributed by atoms with Crippen molar-refractivity contribution in [3.05, 3.63) is 34.6 Å². The molecule has 20 heavy (non-hydrogen) atoms. The van der Waals surface area contributed by atoms with Gasteiger partial charge in [-0.25, -0.2) is 9.18 Å². The molecule has 6 heteroatoms. The predicted octanol–water partition coefficient (Wildman–Crippen LogP) is 2.74. The van der Waals surface area contributed by atoms with Crippen molar-refractivity contribution in [1.82, 2.24) is 5.32 Å². The third-order valence-electron chi connectivity index (χ3n) is 3.18. The molecule has 1 atom stereocenters. The quantitative estimate of drug-likeness (QED) is 0.879. The molecular formula is C14H17ClFNO3. The average Bonchev–Trinajstić information content (AvgIpc) is 2.34. The summed E-state index contributed by atoms with van der Waals surface area (Å²) in [6.07, 6.45) is 0.250. The Bertz CT molecular complexity index is 531. The molecule has 0 heterocycles. The number of nitrogens with one attached hydrogen (secondary N) is 1. The molecule has 1 aromatic rings. The van der Waals surface area contributed by atoms with Gasteiger partial charge in [-0.1, -0.05) is 24.6 Å². The predicted molar refractivity (Wildman–Crippen MR) is 74.3 cm³/mol. The van der Waals surface area contributed by atoms with Crippen LogP contribution in [0.1, 0.15) is 32.8 Å². The topological polar surface area (TPSA) is 66.4 Å². The van der Waals surface area contributed by atoms with Crippen molar-refractivity contribution >= 4 is 23.5 Å². The van der Waals surface area contributed by atoms with E-state index in [1.165, 1.54) is 26.0 Å². The highest BCUT2D eigenvalue weighted by Crippen LogP contribution is 2.28. The summed E-state index contributed by atoms with van der Waals surface area (Å²) in [5, 5.41) is 11.6. The smallest absolute Gasteiger partial charge is 0.326 e. The van der Waals surface area contributed by atoms with Crippen LogP contribution in [0, 0.1) is 5.82 Å². The largest absolute Gasteiger partial charge is 0.480 e. The molecule has 0 fully saturated rings. The van der Waals surface area contributed by atoms with E-state index >= 15 is 0 Å². The normalized spacial score (nSPS) is 12.8. The van der Waals surface area contributed by atoms with Crippen LogP contribution >= 0.6 is 11.6 Å². The van der Waals surface area contributed by atoms with Crippen molar-refractivity contribution < 1.29 is 19.1 Å². The average molecular weight is 302 g/mol. The van der Waals surface area contributed by atoms with Gasteiger partial charge in [0.25, 0.3) is 0 Å². The molecule has 1 aromatic carbocycles. The molecule has 0 saturated heterocycles. The first-order valence-electron chi connectivity index (χ1n) is 6.19. The van der Waals surface area contributed by atoms with Crippen molar-refractivity contribution in [2.45, 2.75) is 38.6 Å². The Balaban J connectivity index is 3.03. The fourth-order valence-corrected chi connectivity index (χ4v) is 1.95. The summed E-state index contributed by atoms with van der Waals surface area (Å²) < 4.78 is 13.9. The molecule has 1 unspecified atom stereocenters. The van der Waals surface area contributed by atoms with Crippen LogP contribution in [-0.2, 0) is 15.0 Å². The van der Waals surface area contributed by atoms with Crippen LogP contribution < -0.4 is 5.32 Å². The van der Waals surface area contributed by atoms with Crippen LogP contribution in [0.15, 0.2) is 18.2 Å². The Morgan fingerprint density at radius 2 is 2.05 bits per heavy atom. The number of carboxylic acids is 1. The number of halogens is 2. The zero-order chi connectivity index (χ0) is 15.5. The minimum atomic E-state index is -1.20. The Labute approximate surface area is 121 Å². The summed E-state index contributed by atoms with van der Waals surface area (Å²) in [6, 6.07) is 3.06. The van der Waals surface area contributed by atoms with Gasteiger partial charge in [-0.2, -0.15) is 0 Å². The van der Waals surface area contributed by atoms with Gasteiger partial charge in [-0.15, -0.1) is 0 Å². The van der Waals surface area contributed by atoms with Crippen LogP contribution in [-0.4, -0.2) is 23.0 Å². The number of carbonyl (C=O) groups excluding carboxylic acids is 1. The lowest BCUT2D eigenvalue weighted by Crippen LogP contribution is -2.48. The summed E-state index contributed by atoms with van der Waals surface area (Å²) in [5.41, 5.74) is -1.03. The lowest BCUT2D eigenvalue weighted by Gasteiger charge is -2.26. The second-order valence-electron chi connectivity index (χ2n) is 5.02. The minimum absolute atomic E-state index is 0.166. The van der Waals surface area contributed by atoms with Crippen LogP contribution in [0.25, 0.3) is 0 Å². The molecule has 0 aliphatic heterocycles. The van der Waals surface area contributed by atoms with E-state index in [0.717, 1.165) is 6.07 Å². The summed E-state index contributed by atoms with van der Waals surface area (Å²) >= 11 is 5.68. The van der Waals surface area contributed by atoms with Gasteiger partial charge in [0.05, 0.1) is 5.41 Å². The maximum atomic E-state index is 13.9. The van der Waals surface area contributed by atoms with Crippen LogP contribution in [0.4, 0.5) is 4.39 Å². The van der Waals surface area contributed by atoms with E-state index in [0.29, 0.717) is 0 Å². The maximum Gasteiger partial charge on any atom is 0.326 e. The van der Waals surface area contributed by atoms with E-state index in [1.54, 1.807) is 6.92 Å². The molecule has 0 aromatic heterocycles. The number of aliphatic carboxylic acids is 1. The molecule has 4 nitrogen and oxygen atoms in total. The fourth-order valence-electron chi connectivity index (χ4n) is 1.80. The molecule has 0 aliphatic rings. The van der Waals surface area contributed by atoms with Crippen molar-refractivity contribution in [1.29, 1.82) is 0 Å². The van der Waals surface area contributed by atoms with E-state index < -0.39 is 29.2 Å². The Hall–Kier alpha value is -1.62. The molecule has 2 N–H and O–H groups in total. The van der Waals surface area contributed by atoms with E-state index in [9.17, 15) is 14.0 Å². The molecular weight excluding hydrogens is 285 g/mol. The molecule has 1 amide bonds. The van der Waals surface area contributed by atoms with Crippen LogP contribution in [0.2, 0.25) is 5.02 Å². The Kier molecular flexibility index (Phi) is 5.11. The van der Waals surface area contributed by atoms with E-state index in [4.69, 9.17) is 16.7 Å². The molecule has 0 spiro atoms. The summed E-state index contributed by atoms with van der Waals surface area (Å²) in [6.45, 7) is 4.71. The number of hydrogen-bond acceptors (Lipinski definition) is 2. The van der Waals surface area contributed by atoms with Crippen molar-refractivity contribution in [3.63, 3.8) is 0 Å². The third kappa shape index (κ3) is 3.48. The van der Waals surface area contributed by atoms with Gasteiger partial charge in [-0.3, -0.25) is 4.79 Å². The molecule has 0 aliphatic carbocycles. The standard InChI is InChI=1S/C14H17ClFNO3/c1-4-11(12(18)19)17-13(20)14(2,3)9-6-5-8(15)7-10(9)16/h5-7,11H,4H2,1-3H3,(H,17,20)(H,18,19). The van der Waals surface area contributed by atoms with Gasteiger partial charge in [0.1, 0.15) is 11.9 Å². The van der Waals surface area contributed by atoms with E-state index in [1.807, 2.05) is 0 Å². The number of benzene rings is 1. The van der Waals surface area contributed by atoms with Crippen molar-refractivity contribution in [3.8, 4) is 0 Å². The van der Waals surface area contributed by atoms with Crippen LogP contribution in [0.5, 0.6) is 0 Å². The summed E-state index contributed by atoms with van der Waals surface area (Å²) in [5.74, 6) is -2.26. The molecule has 0 saturated carbocycles. The second kappa shape index (κ2) is 6.22. The van der Waals surface area contributed by atoms with Crippen molar-refractivity contribution in [2.75, 3.05) is 0 Å². The first kappa shape index (κ1) is 16.4. The molecule has 1 rings (SSSR count). The van der Waals surface area contributed by atoms with Gasteiger partial charge in [-0.05, 0) is 32.4 Å². The monoisotopic (exact) mass is 301 g/mol. The lowest BCUT2D eigenvalue weighted by molar-refractivity contribution is -0.142. The van der Waals surface area contributed by atoms with Crippen molar-refractivity contribution in [2.24, 2.45) is 0 Å². The van der Waals surface area contributed by atoms with Gasteiger partial charge < -0.3 is 10.4 Å². The van der Waals surface area contributed by atoms with E-state index in [-0.39, 0.29) is 17.0 Å². The number of carboxylic acid groups (broad SMARTS) is 1. The summed E-state index contributed by atoms with van der Waals surface area (Å²) in [7, 11) is 0. The number of rotatable bonds is 5. The van der Waals surface area contributed by atoms with Gasteiger partial charge in [0.15, 0.2) is 0 Å².